The van der Waals surface area contributed by atoms with Gasteiger partial charge in [0.1, 0.15) is 12.0 Å². The Morgan fingerprint density at radius 2 is 2.12 bits per heavy atom. The van der Waals surface area contributed by atoms with Crippen LogP contribution in [-0.4, -0.2) is 15.5 Å². The van der Waals surface area contributed by atoms with Crippen LogP contribution in [0.2, 0.25) is 0 Å². The van der Waals surface area contributed by atoms with Gasteiger partial charge in [-0.05, 0) is 24.3 Å². The van der Waals surface area contributed by atoms with E-state index >= 15 is 0 Å². The highest BCUT2D eigenvalue weighted by atomic mass is 79.9. The zero-order chi connectivity index (χ0) is 17.8. The van der Waals surface area contributed by atoms with E-state index in [4.69, 9.17) is 9.15 Å². The maximum Gasteiger partial charge on any atom is 0.343 e. The van der Waals surface area contributed by atoms with Gasteiger partial charge in [0.15, 0.2) is 5.16 Å². The average Bonchev–Trinajstić information content (AvgIpc) is 3.01. The van der Waals surface area contributed by atoms with Gasteiger partial charge in [0.2, 0.25) is 11.2 Å². The highest BCUT2D eigenvalue weighted by Crippen LogP contribution is 2.21. The smallest absolute Gasteiger partial charge is 0.343 e. The highest BCUT2D eigenvalue weighted by molar-refractivity contribution is 9.10. The van der Waals surface area contributed by atoms with Crippen LogP contribution in [0.3, 0.4) is 0 Å². The monoisotopic (exact) mass is 420 g/mol. The SMILES string of the molecule is Cn1ccnc1SCc1cc(=O)c(OC(=O)c2ccc(Br)cc2)co1. The van der Waals surface area contributed by atoms with E-state index in [1.54, 1.807) is 30.5 Å². The number of imidazole rings is 1. The quantitative estimate of drug-likeness (QED) is 0.463. The summed E-state index contributed by atoms with van der Waals surface area (Å²) in [5.41, 5.74) is -0.0656. The molecule has 0 aliphatic heterocycles. The molecule has 0 aliphatic rings. The normalized spacial score (nSPS) is 10.6. The van der Waals surface area contributed by atoms with E-state index in [-0.39, 0.29) is 5.75 Å². The summed E-state index contributed by atoms with van der Waals surface area (Å²) in [7, 11) is 1.89. The minimum Gasteiger partial charge on any atom is -0.464 e. The molecule has 0 saturated heterocycles. The number of esters is 1. The topological polar surface area (TPSA) is 74.3 Å². The molecular formula is C17H13BrN2O4S. The predicted octanol–water partition coefficient (Wildman–Crippen LogP) is 3.65. The van der Waals surface area contributed by atoms with Crippen LogP contribution in [0.25, 0.3) is 0 Å². The van der Waals surface area contributed by atoms with Crippen molar-refractivity contribution in [1.82, 2.24) is 9.55 Å². The zero-order valence-electron chi connectivity index (χ0n) is 13.1. The van der Waals surface area contributed by atoms with Crippen molar-refractivity contribution in [3.05, 3.63) is 75.0 Å². The van der Waals surface area contributed by atoms with E-state index in [1.807, 2.05) is 17.8 Å². The third kappa shape index (κ3) is 4.40. The number of rotatable bonds is 5. The van der Waals surface area contributed by atoms with Crippen LogP contribution in [0.5, 0.6) is 5.75 Å². The second-order valence-electron chi connectivity index (χ2n) is 5.08. The molecule has 8 heteroatoms. The molecule has 0 amide bonds. The molecule has 0 atom stereocenters. The molecule has 0 radical (unpaired) electrons. The Bertz CT molecular complexity index is 950. The summed E-state index contributed by atoms with van der Waals surface area (Å²) in [4.78, 5) is 28.3. The van der Waals surface area contributed by atoms with Gasteiger partial charge in [0.05, 0.1) is 11.3 Å². The molecule has 0 N–H and O–H groups in total. The minimum absolute atomic E-state index is 0.140. The molecule has 0 spiro atoms. The maximum atomic E-state index is 12.1. The Labute approximate surface area is 156 Å². The number of nitrogens with zero attached hydrogens (tertiary/aromatic N) is 2. The molecule has 0 fully saturated rings. The van der Waals surface area contributed by atoms with E-state index in [0.717, 1.165) is 15.9 Å². The Morgan fingerprint density at radius 1 is 1.36 bits per heavy atom. The van der Waals surface area contributed by atoms with Crippen molar-refractivity contribution < 1.29 is 13.9 Å². The fourth-order valence-corrected chi connectivity index (χ4v) is 3.05. The summed E-state index contributed by atoms with van der Waals surface area (Å²) in [5, 5.41) is 0.813. The Hall–Kier alpha value is -2.32. The third-order valence-corrected chi connectivity index (χ3v) is 4.86. The molecule has 3 rings (SSSR count). The molecule has 0 saturated carbocycles. The van der Waals surface area contributed by atoms with Crippen molar-refractivity contribution in [2.45, 2.75) is 10.9 Å². The molecule has 2 aromatic heterocycles. The van der Waals surface area contributed by atoms with Crippen LogP contribution in [0.1, 0.15) is 16.1 Å². The fraction of sp³-hybridized carbons (Fsp3) is 0.118. The predicted molar refractivity (Wildman–Crippen MR) is 96.8 cm³/mol. The van der Waals surface area contributed by atoms with Crippen LogP contribution in [0.15, 0.2) is 67.8 Å². The van der Waals surface area contributed by atoms with Crippen molar-refractivity contribution in [3.8, 4) is 5.75 Å². The lowest BCUT2D eigenvalue weighted by molar-refractivity contribution is 0.0729. The molecule has 0 aliphatic carbocycles. The van der Waals surface area contributed by atoms with Crippen molar-refractivity contribution in [2.24, 2.45) is 7.05 Å². The number of ether oxygens (including phenoxy) is 1. The molecule has 3 aromatic rings. The average molecular weight is 421 g/mol. The highest BCUT2D eigenvalue weighted by Gasteiger charge is 2.13. The summed E-state index contributed by atoms with van der Waals surface area (Å²) in [6.07, 6.45) is 4.69. The van der Waals surface area contributed by atoms with Crippen LogP contribution < -0.4 is 10.2 Å². The molecule has 0 bridgehead atoms. The molecular weight excluding hydrogens is 408 g/mol. The first-order chi connectivity index (χ1) is 12.0. The van der Waals surface area contributed by atoms with Gasteiger partial charge in [-0.25, -0.2) is 9.78 Å². The van der Waals surface area contributed by atoms with Gasteiger partial charge in [0, 0.05) is 30.0 Å². The molecule has 1 aromatic carbocycles. The van der Waals surface area contributed by atoms with Crippen molar-refractivity contribution in [1.29, 1.82) is 0 Å². The summed E-state index contributed by atoms with van der Waals surface area (Å²) in [6.45, 7) is 0. The summed E-state index contributed by atoms with van der Waals surface area (Å²) in [5.74, 6) is 0.163. The number of thioether (sulfide) groups is 1. The lowest BCUT2D eigenvalue weighted by Crippen LogP contribution is -2.14. The van der Waals surface area contributed by atoms with Crippen molar-refractivity contribution in [3.63, 3.8) is 0 Å². The first-order valence-corrected chi connectivity index (χ1v) is 9.00. The van der Waals surface area contributed by atoms with Crippen LogP contribution in [0, 0.1) is 0 Å². The van der Waals surface area contributed by atoms with Crippen LogP contribution in [-0.2, 0) is 12.8 Å². The first kappa shape index (κ1) is 17.5. The summed E-state index contributed by atoms with van der Waals surface area (Å²) >= 11 is 4.73. The number of hydrogen-bond donors (Lipinski definition) is 0. The number of aromatic nitrogens is 2. The molecule has 2 heterocycles. The maximum absolute atomic E-state index is 12.1. The van der Waals surface area contributed by atoms with Gasteiger partial charge in [0.25, 0.3) is 0 Å². The number of carbonyl (C=O) groups is 1. The Morgan fingerprint density at radius 3 is 2.76 bits per heavy atom. The lowest BCUT2D eigenvalue weighted by atomic mass is 10.2. The summed E-state index contributed by atoms with van der Waals surface area (Å²) < 4.78 is 13.2. The van der Waals surface area contributed by atoms with E-state index in [1.165, 1.54) is 17.8 Å². The number of hydrogen-bond acceptors (Lipinski definition) is 6. The first-order valence-electron chi connectivity index (χ1n) is 7.22. The number of benzene rings is 1. The number of aryl methyl sites for hydroxylation is 1. The number of halogens is 1. The summed E-state index contributed by atoms with van der Waals surface area (Å²) in [6, 6.07) is 7.96. The fourth-order valence-electron chi connectivity index (χ4n) is 1.96. The molecule has 6 nitrogen and oxygen atoms in total. The zero-order valence-corrected chi connectivity index (χ0v) is 15.5. The van der Waals surface area contributed by atoms with Gasteiger partial charge in [-0.15, -0.1) is 0 Å². The number of carbonyl (C=O) groups excluding carboxylic acids is 1. The van der Waals surface area contributed by atoms with E-state index in [9.17, 15) is 9.59 Å². The Balaban J connectivity index is 1.67. The van der Waals surface area contributed by atoms with Gasteiger partial charge >= 0.3 is 5.97 Å². The molecule has 0 unspecified atom stereocenters. The second-order valence-corrected chi connectivity index (χ2v) is 6.94. The lowest BCUT2D eigenvalue weighted by Gasteiger charge is -2.05. The van der Waals surface area contributed by atoms with Crippen molar-refractivity contribution in [2.75, 3.05) is 0 Å². The van der Waals surface area contributed by atoms with Crippen LogP contribution in [0.4, 0.5) is 0 Å². The van der Waals surface area contributed by atoms with Crippen LogP contribution >= 0.6 is 27.7 Å². The Kier molecular flexibility index (Phi) is 5.40. The van der Waals surface area contributed by atoms with E-state index in [2.05, 4.69) is 20.9 Å². The third-order valence-electron chi connectivity index (χ3n) is 3.26. The molecule has 128 valence electrons. The van der Waals surface area contributed by atoms with Crippen molar-refractivity contribution >= 4 is 33.7 Å². The second kappa shape index (κ2) is 7.71. The van der Waals surface area contributed by atoms with Gasteiger partial charge in [-0.1, -0.05) is 27.7 Å². The standard InChI is InChI=1S/C17H13BrN2O4S/c1-20-7-6-19-17(20)25-10-13-8-14(21)15(9-23-13)24-16(22)11-2-4-12(18)5-3-11/h2-9H,10H2,1H3. The van der Waals surface area contributed by atoms with E-state index in [0.29, 0.717) is 17.1 Å². The van der Waals surface area contributed by atoms with Gasteiger partial charge in [-0.3, -0.25) is 4.79 Å². The van der Waals surface area contributed by atoms with E-state index < -0.39 is 11.4 Å². The minimum atomic E-state index is -0.616. The largest absolute Gasteiger partial charge is 0.464 e. The van der Waals surface area contributed by atoms with Gasteiger partial charge in [-0.2, -0.15) is 0 Å². The molecule has 25 heavy (non-hydrogen) atoms. The van der Waals surface area contributed by atoms with Gasteiger partial charge < -0.3 is 13.7 Å².